The molecule has 0 aliphatic carbocycles. The third kappa shape index (κ3) is 4.80. The Balaban J connectivity index is 2.56. The van der Waals surface area contributed by atoms with E-state index in [0.717, 1.165) is 12.8 Å². The fourth-order valence-corrected chi connectivity index (χ4v) is 2.20. The van der Waals surface area contributed by atoms with Crippen molar-refractivity contribution in [2.75, 3.05) is 11.9 Å². The molecule has 0 heterocycles. The van der Waals surface area contributed by atoms with Crippen LogP contribution in [0, 0.1) is 18.7 Å². The monoisotopic (exact) mass is 310 g/mol. The Morgan fingerprint density at radius 2 is 1.86 bits per heavy atom. The Kier molecular flexibility index (Phi) is 6.98. The van der Waals surface area contributed by atoms with Gasteiger partial charge >= 0.3 is 11.8 Å². The summed E-state index contributed by atoms with van der Waals surface area (Å²) in [6.45, 7) is 5.44. The van der Waals surface area contributed by atoms with Crippen LogP contribution in [0.5, 0.6) is 0 Å². The smallest absolute Gasteiger partial charge is 0.313 e. The Morgan fingerprint density at radius 3 is 2.45 bits per heavy atom. The first-order valence-corrected chi connectivity index (χ1v) is 7.43. The van der Waals surface area contributed by atoms with Crippen molar-refractivity contribution in [1.29, 1.82) is 0 Å². The van der Waals surface area contributed by atoms with E-state index in [1.165, 1.54) is 25.1 Å². The normalized spacial score (nSPS) is 12.1. The molecule has 1 atom stereocenters. The van der Waals surface area contributed by atoms with Crippen LogP contribution in [0.1, 0.15) is 32.3 Å². The number of carbonyl (C=O) groups excluding carboxylic acids is 2. The number of benzene rings is 1. The number of aliphatic hydroxyl groups is 1. The highest BCUT2D eigenvalue weighted by Gasteiger charge is 2.19. The van der Waals surface area contributed by atoms with E-state index in [9.17, 15) is 19.1 Å². The molecule has 122 valence electrons. The quantitative estimate of drug-likeness (QED) is 0.703. The molecule has 22 heavy (non-hydrogen) atoms. The molecule has 6 heteroatoms. The van der Waals surface area contributed by atoms with Crippen molar-refractivity contribution in [3.8, 4) is 0 Å². The lowest BCUT2D eigenvalue weighted by molar-refractivity contribution is -0.136. The lowest BCUT2D eigenvalue weighted by atomic mass is 9.96. The molecule has 1 rings (SSSR count). The molecule has 0 fully saturated rings. The molecule has 0 saturated carbocycles. The first kappa shape index (κ1) is 18.1. The van der Waals surface area contributed by atoms with E-state index >= 15 is 0 Å². The number of hydrogen-bond acceptors (Lipinski definition) is 3. The van der Waals surface area contributed by atoms with Gasteiger partial charge in [0, 0.05) is 17.8 Å². The zero-order valence-corrected chi connectivity index (χ0v) is 13.1. The van der Waals surface area contributed by atoms with Crippen LogP contribution in [0.4, 0.5) is 10.1 Å². The number of halogens is 1. The van der Waals surface area contributed by atoms with Gasteiger partial charge in [-0.05, 0) is 25.0 Å². The van der Waals surface area contributed by atoms with E-state index in [4.69, 9.17) is 0 Å². The van der Waals surface area contributed by atoms with Gasteiger partial charge in [-0.3, -0.25) is 9.59 Å². The molecule has 1 aromatic rings. The molecule has 2 amide bonds. The van der Waals surface area contributed by atoms with Crippen LogP contribution in [-0.4, -0.2) is 29.6 Å². The first-order valence-electron chi connectivity index (χ1n) is 7.43. The fraction of sp³-hybridized carbons (Fsp3) is 0.500. The van der Waals surface area contributed by atoms with Crippen LogP contribution >= 0.6 is 0 Å². The van der Waals surface area contributed by atoms with E-state index in [1.807, 2.05) is 13.8 Å². The Hall–Kier alpha value is -1.95. The first-order chi connectivity index (χ1) is 10.4. The predicted molar refractivity (Wildman–Crippen MR) is 82.9 cm³/mol. The highest BCUT2D eigenvalue weighted by molar-refractivity contribution is 6.39. The number of hydrogen-bond donors (Lipinski definition) is 3. The molecular weight excluding hydrogens is 287 g/mol. The number of anilines is 1. The highest BCUT2D eigenvalue weighted by atomic mass is 19.1. The van der Waals surface area contributed by atoms with Crippen molar-refractivity contribution in [3.05, 3.63) is 29.6 Å². The third-order valence-corrected chi connectivity index (χ3v) is 3.79. The van der Waals surface area contributed by atoms with Crippen molar-refractivity contribution in [2.24, 2.45) is 5.92 Å². The number of aliphatic hydroxyl groups excluding tert-OH is 1. The Bertz CT molecular complexity index is 530. The van der Waals surface area contributed by atoms with Gasteiger partial charge < -0.3 is 15.7 Å². The summed E-state index contributed by atoms with van der Waals surface area (Å²) in [5.41, 5.74) is 0.515. The maximum Gasteiger partial charge on any atom is 0.313 e. The van der Waals surface area contributed by atoms with Gasteiger partial charge in [-0.1, -0.05) is 32.8 Å². The number of nitrogens with one attached hydrogen (secondary N) is 2. The lowest BCUT2D eigenvalue weighted by Crippen LogP contribution is -2.41. The summed E-state index contributed by atoms with van der Waals surface area (Å²) in [7, 11) is 0. The SMILES string of the molecule is CCC(CC)C(O)CNC(=O)C(=O)Nc1cccc(F)c1C. The van der Waals surface area contributed by atoms with Crippen LogP contribution in [0.2, 0.25) is 0 Å². The maximum atomic E-state index is 13.4. The second-order valence-corrected chi connectivity index (χ2v) is 5.22. The molecular formula is C16H23FN2O3. The van der Waals surface area contributed by atoms with Crippen LogP contribution < -0.4 is 10.6 Å². The summed E-state index contributed by atoms with van der Waals surface area (Å²) in [6, 6.07) is 4.24. The van der Waals surface area contributed by atoms with Gasteiger partial charge in [0.25, 0.3) is 0 Å². The Morgan fingerprint density at radius 1 is 1.23 bits per heavy atom. The van der Waals surface area contributed by atoms with Gasteiger partial charge in [-0.2, -0.15) is 0 Å². The van der Waals surface area contributed by atoms with Gasteiger partial charge in [0.1, 0.15) is 5.82 Å². The van der Waals surface area contributed by atoms with Crippen molar-refractivity contribution in [1.82, 2.24) is 5.32 Å². The molecule has 1 unspecified atom stereocenters. The Labute approximate surface area is 129 Å². The van der Waals surface area contributed by atoms with Crippen molar-refractivity contribution in [3.63, 3.8) is 0 Å². The number of amides is 2. The molecule has 0 aliphatic heterocycles. The molecule has 5 nitrogen and oxygen atoms in total. The molecule has 3 N–H and O–H groups in total. The van der Waals surface area contributed by atoms with Crippen LogP contribution in [0.25, 0.3) is 0 Å². The molecule has 0 spiro atoms. The minimum absolute atomic E-state index is 0.0146. The largest absolute Gasteiger partial charge is 0.391 e. The zero-order valence-electron chi connectivity index (χ0n) is 13.1. The maximum absolute atomic E-state index is 13.4. The second-order valence-electron chi connectivity index (χ2n) is 5.22. The summed E-state index contributed by atoms with van der Waals surface area (Å²) in [5, 5.41) is 14.7. The highest BCUT2D eigenvalue weighted by Crippen LogP contribution is 2.17. The van der Waals surface area contributed by atoms with Crippen LogP contribution in [0.15, 0.2) is 18.2 Å². The topological polar surface area (TPSA) is 78.4 Å². The molecule has 1 aromatic carbocycles. The molecule has 0 aromatic heterocycles. The van der Waals surface area contributed by atoms with E-state index in [1.54, 1.807) is 0 Å². The van der Waals surface area contributed by atoms with Gasteiger partial charge in [0.2, 0.25) is 0 Å². The van der Waals surface area contributed by atoms with Crippen molar-refractivity contribution in [2.45, 2.75) is 39.7 Å². The third-order valence-electron chi connectivity index (χ3n) is 3.79. The predicted octanol–water partition coefficient (Wildman–Crippen LogP) is 1.99. The second kappa shape index (κ2) is 8.48. The van der Waals surface area contributed by atoms with Gasteiger partial charge in [0.15, 0.2) is 0 Å². The minimum atomic E-state index is -0.884. The van der Waals surface area contributed by atoms with Gasteiger partial charge in [-0.15, -0.1) is 0 Å². The standard InChI is InChI=1S/C16H23FN2O3/c1-4-11(5-2)14(20)9-18-15(21)16(22)19-13-8-6-7-12(17)10(13)3/h6-8,11,14,20H,4-5,9H2,1-3H3,(H,18,21)(H,19,22). The summed E-state index contributed by atoms with van der Waals surface area (Å²) in [5.74, 6) is -2.12. The van der Waals surface area contributed by atoms with Gasteiger partial charge in [-0.25, -0.2) is 4.39 Å². The van der Waals surface area contributed by atoms with E-state index in [-0.39, 0.29) is 23.7 Å². The minimum Gasteiger partial charge on any atom is -0.391 e. The summed E-state index contributed by atoms with van der Waals surface area (Å²) >= 11 is 0. The summed E-state index contributed by atoms with van der Waals surface area (Å²) in [6.07, 6.45) is 0.896. The lowest BCUT2D eigenvalue weighted by Gasteiger charge is -2.20. The van der Waals surface area contributed by atoms with E-state index in [0.29, 0.717) is 0 Å². The summed E-state index contributed by atoms with van der Waals surface area (Å²) in [4.78, 5) is 23.5. The fourth-order valence-electron chi connectivity index (χ4n) is 2.20. The number of rotatable bonds is 6. The average Bonchev–Trinajstić information content (AvgIpc) is 2.50. The van der Waals surface area contributed by atoms with E-state index < -0.39 is 23.7 Å². The molecule has 0 radical (unpaired) electrons. The average molecular weight is 310 g/mol. The number of carbonyl (C=O) groups is 2. The summed E-state index contributed by atoms with van der Waals surface area (Å²) < 4.78 is 13.4. The van der Waals surface area contributed by atoms with Gasteiger partial charge in [0.05, 0.1) is 6.10 Å². The van der Waals surface area contributed by atoms with Crippen molar-refractivity contribution < 1.29 is 19.1 Å². The van der Waals surface area contributed by atoms with E-state index in [2.05, 4.69) is 10.6 Å². The van der Waals surface area contributed by atoms with Crippen molar-refractivity contribution >= 4 is 17.5 Å². The molecule has 0 saturated heterocycles. The molecule has 0 aliphatic rings. The molecule has 0 bridgehead atoms. The van der Waals surface area contributed by atoms with Crippen LogP contribution in [0.3, 0.4) is 0 Å². The zero-order chi connectivity index (χ0) is 16.7. The van der Waals surface area contributed by atoms with Crippen LogP contribution in [-0.2, 0) is 9.59 Å².